The molecule has 0 amide bonds. The summed E-state index contributed by atoms with van der Waals surface area (Å²) in [4.78, 5) is 4.86. The van der Waals surface area contributed by atoms with E-state index < -0.39 is 0 Å². The highest BCUT2D eigenvalue weighted by Crippen LogP contribution is 2.33. The summed E-state index contributed by atoms with van der Waals surface area (Å²) >= 11 is 1.84. The van der Waals surface area contributed by atoms with Crippen LogP contribution in [0.4, 0.5) is 0 Å². The zero-order valence-electron chi connectivity index (χ0n) is 14.2. The quantitative estimate of drug-likeness (QED) is 0.660. The number of benzene rings is 1. The summed E-state index contributed by atoms with van der Waals surface area (Å²) in [6.45, 7) is 2.38. The Morgan fingerprint density at radius 1 is 1.12 bits per heavy atom. The maximum Gasteiger partial charge on any atom is 0.247 e. The number of aromatic nitrogens is 2. The molecule has 1 aliphatic rings. The Bertz CT molecular complexity index is 809. The SMILES string of the molecule is CN(Cc1nnc(-c2ccccc2)o1)Cc1ccc([C@@H]2CCCO2)s1. The molecule has 3 aromatic rings. The van der Waals surface area contributed by atoms with Crippen LogP contribution < -0.4 is 0 Å². The maximum atomic E-state index is 5.78. The van der Waals surface area contributed by atoms with Crippen LogP contribution in [-0.2, 0) is 17.8 Å². The zero-order valence-corrected chi connectivity index (χ0v) is 15.0. The summed E-state index contributed by atoms with van der Waals surface area (Å²) in [5.74, 6) is 1.21. The topological polar surface area (TPSA) is 51.4 Å². The maximum absolute atomic E-state index is 5.78. The van der Waals surface area contributed by atoms with Gasteiger partial charge in [0, 0.05) is 28.5 Å². The van der Waals surface area contributed by atoms with Crippen molar-refractivity contribution in [2.75, 3.05) is 13.7 Å². The molecule has 2 aromatic heterocycles. The summed E-state index contributed by atoms with van der Waals surface area (Å²) < 4.78 is 11.5. The van der Waals surface area contributed by atoms with Crippen molar-refractivity contribution in [3.63, 3.8) is 0 Å². The Balaban J connectivity index is 1.36. The molecule has 1 aliphatic heterocycles. The fourth-order valence-electron chi connectivity index (χ4n) is 3.02. The fourth-order valence-corrected chi connectivity index (χ4v) is 4.20. The van der Waals surface area contributed by atoms with E-state index in [0.717, 1.165) is 25.1 Å². The lowest BCUT2D eigenvalue weighted by molar-refractivity contribution is 0.114. The highest BCUT2D eigenvalue weighted by molar-refractivity contribution is 7.12. The van der Waals surface area contributed by atoms with Crippen LogP contribution in [0.5, 0.6) is 0 Å². The third-order valence-electron chi connectivity index (χ3n) is 4.25. The van der Waals surface area contributed by atoms with E-state index in [9.17, 15) is 0 Å². The van der Waals surface area contributed by atoms with E-state index in [1.807, 2.05) is 41.7 Å². The first kappa shape index (κ1) is 16.4. The van der Waals surface area contributed by atoms with E-state index in [-0.39, 0.29) is 0 Å². The number of ether oxygens (including phenoxy) is 1. The summed E-state index contributed by atoms with van der Waals surface area (Å²) in [5.41, 5.74) is 0.948. The second-order valence-corrected chi connectivity index (χ2v) is 7.54. The minimum absolute atomic E-state index is 0.299. The van der Waals surface area contributed by atoms with Crippen LogP contribution in [0.15, 0.2) is 46.9 Å². The normalized spacial score (nSPS) is 17.4. The number of hydrogen-bond acceptors (Lipinski definition) is 6. The van der Waals surface area contributed by atoms with E-state index in [1.165, 1.54) is 16.2 Å². The van der Waals surface area contributed by atoms with Gasteiger partial charge < -0.3 is 9.15 Å². The van der Waals surface area contributed by atoms with Crippen LogP contribution in [0.3, 0.4) is 0 Å². The molecular weight excluding hydrogens is 334 g/mol. The van der Waals surface area contributed by atoms with Crippen molar-refractivity contribution in [2.24, 2.45) is 0 Å². The van der Waals surface area contributed by atoms with Gasteiger partial charge in [-0.1, -0.05) is 18.2 Å². The van der Waals surface area contributed by atoms with Crippen LogP contribution in [0, 0.1) is 0 Å². The standard InChI is InChI=1S/C19H21N3O2S/c1-22(12-15-9-10-17(25-15)16-8-5-11-23-16)13-18-20-21-19(24-18)14-6-3-2-4-7-14/h2-4,6-7,9-10,16H,5,8,11-13H2,1H3/t16-/m0/s1. The Kier molecular flexibility index (Phi) is 4.92. The fraction of sp³-hybridized carbons (Fsp3) is 0.368. The lowest BCUT2D eigenvalue weighted by Gasteiger charge is -2.12. The molecule has 25 heavy (non-hydrogen) atoms. The molecule has 6 heteroatoms. The van der Waals surface area contributed by atoms with Crippen LogP contribution in [-0.4, -0.2) is 28.8 Å². The predicted octanol–water partition coefficient (Wildman–Crippen LogP) is 4.28. The number of hydrogen-bond donors (Lipinski definition) is 0. The van der Waals surface area contributed by atoms with Gasteiger partial charge in [0.1, 0.15) is 0 Å². The Morgan fingerprint density at radius 2 is 2.00 bits per heavy atom. The van der Waals surface area contributed by atoms with E-state index in [2.05, 4.69) is 34.3 Å². The van der Waals surface area contributed by atoms with E-state index in [0.29, 0.717) is 24.4 Å². The summed E-state index contributed by atoms with van der Waals surface area (Å²) in [7, 11) is 2.07. The first-order valence-corrected chi connectivity index (χ1v) is 9.36. The minimum atomic E-state index is 0.299. The Hall–Kier alpha value is -2.02. The molecule has 0 unspecified atom stereocenters. The van der Waals surface area contributed by atoms with Crippen LogP contribution >= 0.6 is 11.3 Å². The molecule has 3 heterocycles. The van der Waals surface area contributed by atoms with Crippen molar-refractivity contribution in [2.45, 2.75) is 32.0 Å². The number of rotatable bonds is 6. The van der Waals surface area contributed by atoms with Crippen molar-refractivity contribution >= 4 is 11.3 Å². The summed E-state index contributed by atoms with van der Waals surface area (Å²) in [5, 5.41) is 8.31. The molecule has 0 saturated carbocycles. The van der Waals surface area contributed by atoms with Gasteiger partial charge in [0.25, 0.3) is 0 Å². The van der Waals surface area contributed by atoms with Crippen molar-refractivity contribution < 1.29 is 9.15 Å². The van der Waals surface area contributed by atoms with Gasteiger partial charge in [-0.15, -0.1) is 21.5 Å². The van der Waals surface area contributed by atoms with E-state index >= 15 is 0 Å². The van der Waals surface area contributed by atoms with Crippen molar-refractivity contribution in [1.29, 1.82) is 0 Å². The highest BCUT2D eigenvalue weighted by Gasteiger charge is 2.19. The average Bonchev–Trinajstić information content (AvgIpc) is 3.37. The van der Waals surface area contributed by atoms with Crippen LogP contribution in [0.1, 0.15) is 34.6 Å². The first-order chi connectivity index (χ1) is 12.3. The molecule has 0 aliphatic carbocycles. The van der Waals surface area contributed by atoms with Gasteiger partial charge >= 0.3 is 0 Å². The summed E-state index contributed by atoms with van der Waals surface area (Å²) in [6.07, 6.45) is 2.60. The smallest absolute Gasteiger partial charge is 0.247 e. The predicted molar refractivity (Wildman–Crippen MR) is 97.2 cm³/mol. The number of thiophene rings is 1. The van der Waals surface area contributed by atoms with Crippen LogP contribution in [0.2, 0.25) is 0 Å². The van der Waals surface area contributed by atoms with Crippen molar-refractivity contribution in [3.8, 4) is 11.5 Å². The Labute approximate surface area is 151 Å². The Morgan fingerprint density at radius 3 is 2.80 bits per heavy atom. The molecule has 1 aromatic carbocycles. The zero-order chi connectivity index (χ0) is 17.1. The highest BCUT2D eigenvalue weighted by atomic mass is 32.1. The molecule has 1 fully saturated rings. The van der Waals surface area contributed by atoms with Gasteiger partial charge in [0.2, 0.25) is 11.8 Å². The van der Waals surface area contributed by atoms with E-state index in [4.69, 9.17) is 9.15 Å². The molecule has 4 rings (SSSR count). The molecule has 130 valence electrons. The average molecular weight is 355 g/mol. The molecule has 0 radical (unpaired) electrons. The molecule has 1 saturated heterocycles. The van der Waals surface area contributed by atoms with Gasteiger partial charge in [0.05, 0.1) is 12.6 Å². The second kappa shape index (κ2) is 7.47. The van der Waals surface area contributed by atoms with Crippen molar-refractivity contribution in [3.05, 3.63) is 58.1 Å². The van der Waals surface area contributed by atoms with E-state index in [1.54, 1.807) is 0 Å². The molecule has 1 atom stereocenters. The lowest BCUT2D eigenvalue weighted by atomic mass is 10.2. The third kappa shape index (κ3) is 3.98. The molecule has 0 bridgehead atoms. The second-order valence-electron chi connectivity index (χ2n) is 6.35. The minimum Gasteiger partial charge on any atom is -0.419 e. The van der Waals surface area contributed by atoms with Gasteiger partial charge in [-0.3, -0.25) is 4.90 Å². The van der Waals surface area contributed by atoms with Gasteiger partial charge in [-0.25, -0.2) is 0 Å². The van der Waals surface area contributed by atoms with Crippen molar-refractivity contribution in [1.82, 2.24) is 15.1 Å². The molecule has 5 nitrogen and oxygen atoms in total. The largest absolute Gasteiger partial charge is 0.419 e. The molecule has 0 spiro atoms. The number of nitrogens with zero attached hydrogens (tertiary/aromatic N) is 3. The monoisotopic (exact) mass is 355 g/mol. The molecular formula is C19H21N3O2S. The van der Waals surface area contributed by atoms with Crippen LogP contribution in [0.25, 0.3) is 11.5 Å². The summed E-state index contributed by atoms with van der Waals surface area (Å²) in [6, 6.07) is 14.2. The molecule has 0 N–H and O–H groups in total. The van der Waals surface area contributed by atoms with Gasteiger partial charge in [-0.2, -0.15) is 0 Å². The third-order valence-corrected chi connectivity index (χ3v) is 5.41. The first-order valence-electron chi connectivity index (χ1n) is 8.54. The lowest BCUT2D eigenvalue weighted by Crippen LogP contribution is -2.16. The van der Waals surface area contributed by atoms with Gasteiger partial charge in [0.15, 0.2) is 0 Å². The van der Waals surface area contributed by atoms with Gasteiger partial charge in [-0.05, 0) is 44.2 Å².